The van der Waals surface area contributed by atoms with Gasteiger partial charge in [-0.25, -0.2) is 0 Å². The van der Waals surface area contributed by atoms with Crippen LogP contribution in [0.25, 0.3) is 0 Å². The third kappa shape index (κ3) is 2.96. The highest BCUT2D eigenvalue weighted by molar-refractivity contribution is 5.96. The van der Waals surface area contributed by atoms with Crippen molar-refractivity contribution in [2.24, 2.45) is 5.73 Å². The number of carbonyl (C=O) groups is 1. The summed E-state index contributed by atoms with van der Waals surface area (Å²) in [6.07, 6.45) is 2.65. The molecule has 0 atom stereocenters. The molecule has 0 aromatic heterocycles. The van der Waals surface area contributed by atoms with E-state index in [9.17, 15) is 4.79 Å². The van der Waals surface area contributed by atoms with Gasteiger partial charge in [0.25, 0.3) is 0 Å². The molecule has 0 unspecified atom stereocenters. The molecule has 1 aromatic carbocycles. The van der Waals surface area contributed by atoms with Gasteiger partial charge in [0, 0.05) is 12.0 Å². The van der Waals surface area contributed by atoms with Crippen molar-refractivity contribution in [3.63, 3.8) is 0 Å². The van der Waals surface area contributed by atoms with Crippen molar-refractivity contribution in [3.05, 3.63) is 35.4 Å². The van der Waals surface area contributed by atoms with Crippen LogP contribution in [0.5, 0.6) is 0 Å². The van der Waals surface area contributed by atoms with Crippen LogP contribution < -0.4 is 5.73 Å². The molecule has 0 bridgehead atoms. The first-order valence-corrected chi connectivity index (χ1v) is 5.10. The van der Waals surface area contributed by atoms with Crippen LogP contribution in [0.1, 0.15) is 35.7 Å². The number of hydrogen-bond acceptors (Lipinski definition) is 2. The summed E-state index contributed by atoms with van der Waals surface area (Å²) in [6, 6.07) is 7.83. The van der Waals surface area contributed by atoms with Gasteiger partial charge in [-0.2, -0.15) is 0 Å². The van der Waals surface area contributed by atoms with Crippen molar-refractivity contribution < 1.29 is 4.79 Å². The number of hydrogen-bond donors (Lipinski definition) is 1. The fourth-order valence-corrected chi connectivity index (χ4v) is 1.42. The first-order valence-electron chi connectivity index (χ1n) is 5.10. The van der Waals surface area contributed by atoms with Gasteiger partial charge in [-0.05, 0) is 18.5 Å². The molecule has 2 N–H and O–H groups in total. The first kappa shape index (κ1) is 10.9. The Labute approximate surface area is 85.1 Å². The maximum atomic E-state index is 11.4. The van der Waals surface area contributed by atoms with Gasteiger partial charge < -0.3 is 5.73 Å². The van der Waals surface area contributed by atoms with E-state index in [4.69, 9.17) is 5.73 Å². The minimum Gasteiger partial charge on any atom is -0.330 e. The van der Waals surface area contributed by atoms with E-state index in [-0.39, 0.29) is 5.78 Å². The molecule has 0 radical (unpaired) electrons. The molecule has 0 saturated heterocycles. The van der Waals surface area contributed by atoms with E-state index in [0.717, 1.165) is 18.4 Å². The zero-order valence-corrected chi connectivity index (χ0v) is 8.62. The molecule has 0 heterocycles. The maximum absolute atomic E-state index is 11.4. The summed E-state index contributed by atoms with van der Waals surface area (Å²) in [5.41, 5.74) is 7.39. The molecule has 0 saturated carbocycles. The second-order valence-corrected chi connectivity index (χ2v) is 3.41. The molecule has 2 nitrogen and oxygen atoms in total. The van der Waals surface area contributed by atoms with E-state index in [0.29, 0.717) is 13.0 Å². The molecular formula is C12H17NO. The second kappa shape index (κ2) is 5.55. The summed E-state index contributed by atoms with van der Waals surface area (Å²) in [7, 11) is 0. The van der Waals surface area contributed by atoms with Crippen LogP contribution in [-0.4, -0.2) is 12.3 Å². The summed E-state index contributed by atoms with van der Waals surface area (Å²) in [5.74, 6) is 0.135. The molecule has 1 rings (SSSR count). The van der Waals surface area contributed by atoms with Gasteiger partial charge >= 0.3 is 0 Å². The number of nitrogens with two attached hydrogens (primary N) is 1. The SMILES string of the molecule is CCCc1ccc(C(=O)CCN)cc1. The smallest absolute Gasteiger partial charge is 0.164 e. The number of carbonyl (C=O) groups excluding carboxylic acids is 1. The highest BCUT2D eigenvalue weighted by Crippen LogP contribution is 2.08. The van der Waals surface area contributed by atoms with Crippen LogP contribution in [0, 0.1) is 0 Å². The minimum absolute atomic E-state index is 0.135. The van der Waals surface area contributed by atoms with E-state index in [2.05, 4.69) is 6.92 Å². The quantitative estimate of drug-likeness (QED) is 0.725. The van der Waals surface area contributed by atoms with E-state index in [1.807, 2.05) is 24.3 Å². The van der Waals surface area contributed by atoms with Crippen LogP contribution in [0.4, 0.5) is 0 Å². The Hall–Kier alpha value is -1.15. The Balaban J connectivity index is 2.67. The Morgan fingerprint density at radius 3 is 2.43 bits per heavy atom. The monoisotopic (exact) mass is 191 g/mol. The van der Waals surface area contributed by atoms with Crippen molar-refractivity contribution in [1.29, 1.82) is 0 Å². The third-order valence-corrected chi connectivity index (χ3v) is 2.19. The molecule has 0 aliphatic rings. The highest BCUT2D eigenvalue weighted by atomic mass is 16.1. The second-order valence-electron chi connectivity index (χ2n) is 3.41. The topological polar surface area (TPSA) is 43.1 Å². The van der Waals surface area contributed by atoms with Crippen molar-refractivity contribution in [2.75, 3.05) is 6.54 Å². The molecule has 1 aromatic rings. The molecule has 0 fully saturated rings. The maximum Gasteiger partial charge on any atom is 0.164 e. The largest absolute Gasteiger partial charge is 0.330 e. The highest BCUT2D eigenvalue weighted by Gasteiger charge is 2.03. The van der Waals surface area contributed by atoms with Crippen LogP contribution >= 0.6 is 0 Å². The summed E-state index contributed by atoms with van der Waals surface area (Å²) < 4.78 is 0. The summed E-state index contributed by atoms with van der Waals surface area (Å²) >= 11 is 0. The Bertz CT molecular complexity index is 290. The van der Waals surface area contributed by atoms with Gasteiger partial charge in [-0.3, -0.25) is 4.79 Å². The number of aryl methyl sites for hydroxylation is 1. The lowest BCUT2D eigenvalue weighted by Gasteiger charge is -2.01. The molecule has 0 aliphatic heterocycles. The lowest BCUT2D eigenvalue weighted by Crippen LogP contribution is -2.07. The predicted molar refractivity (Wildman–Crippen MR) is 58.4 cm³/mol. The minimum atomic E-state index is 0.135. The Morgan fingerprint density at radius 2 is 1.93 bits per heavy atom. The predicted octanol–water partition coefficient (Wildman–Crippen LogP) is 2.17. The third-order valence-electron chi connectivity index (χ3n) is 2.19. The van der Waals surface area contributed by atoms with Crippen LogP contribution in [-0.2, 0) is 6.42 Å². The average molecular weight is 191 g/mol. The molecule has 0 amide bonds. The first-order chi connectivity index (χ1) is 6.77. The lowest BCUT2D eigenvalue weighted by atomic mass is 10.0. The van der Waals surface area contributed by atoms with Gasteiger partial charge in [-0.15, -0.1) is 0 Å². The molecule has 76 valence electrons. The normalized spacial score (nSPS) is 10.1. The van der Waals surface area contributed by atoms with E-state index in [1.54, 1.807) is 0 Å². The zero-order chi connectivity index (χ0) is 10.4. The van der Waals surface area contributed by atoms with E-state index >= 15 is 0 Å². The Kier molecular flexibility index (Phi) is 4.33. The standard InChI is InChI=1S/C12H17NO/c1-2-3-10-4-6-11(7-5-10)12(14)8-9-13/h4-7H,2-3,8-9,13H2,1H3. The van der Waals surface area contributed by atoms with Crippen molar-refractivity contribution in [2.45, 2.75) is 26.2 Å². The number of rotatable bonds is 5. The van der Waals surface area contributed by atoms with Gasteiger partial charge in [0.1, 0.15) is 0 Å². The van der Waals surface area contributed by atoms with E-state index in [1.165, 1.54) is 5.56 Å². The molecular weight excluding hydrogens is 174 g/mol. The van der Waals surface area contributed by atoms with Gasteiger partial charge in [-0.1, -0.05) is 37.6 Å². The van der Waals surface area contributed by atoms with Crippen LogP contribution in [0.3, 0.4) is 0 Å². The molecule has 0 spiro atoms. The number of Topliss-reactive ketones (excluding diaryl/α,β-unsaturated/α-hetero) is 1. The summed E-state index contributed by atoms with van der Waals surface area (Å²) in [5, 5.41) is 0. The number of benzene rings is 1. The fourth-order valence-electron chi connectivity index (χ4n) is 1.42. The van der Waals surface area contributed by atoms with Crippen molar-refractivity contribution in [3.8, 4) is 0 Å². The molecule has 2 heteroatoms. The van der Waals surface area contributed by atoms with Crippen LogP contribution in [0.2, 0.25) is 0 Å². The Morgan fingerprint density at radius 1 is 1.29 bits per heavy atom. The summed E-state index contributed by atoms with van der Waals surface area (Å²) in [6.45, 7) is 2.57. The van der Waals surface area contributed by atoms with Crippen molar-refractivity contribution >= 4 is 5.78 Å². The van der Waals surface area contributed by atoms with Gasteiger partial charge in [0.15, 0.2) is 5.78 Å². The van der Waals surface area contributed by atoms with Crippen molar-refractivity contribution in [1.82, 2.24) is 0 Å². The van der Waals surface area contributed by atoms with E-state index < -0.39 is 0 Å². The fraction of sp³-hybridized carbons (Fsp3) is 0.417. The number of ketones is 1. The average Bonchev–Trinajstić information content (AvgIpc) is 2.20. The van der Waals surface area contributed by atoms with Crippen LogP contribution in [0.15, 0.2) is 24.3 Å². The zero-order valence-electron chi connectivity index (χ0n) is 8.62. The molecule has 14 heavy (non-hydrogen) atoms. The van der Waals surface area contributed by atoms with Gasteiger partial charge in [0.2, 0.25) is 0 Å². The summed E-state index contributed by atoms with van der Waals surface area (Å²) in [4.78, 5) is 11.4. The van der Waals surface area contributed by atoms with Gasteiger partial charge in [0.05, 0.1) is 0 Å². The lowest BCUT2D eigenvalue weighted by molar-refractivity contribution is 0.0985. The molecule has 0 aliphatic carbocycles.